The molecule has 3 amide bonds. The third-order valence-electron chi connectivity index (χ3n) is 6.38. The lowest BCUT2D eigenvalue weighted by Gasteiger charge is -2.27. The number of nitrogens with one attached hydrogen (secondary N) is 3. The molecule has 1 aromatic rings. The number of carbonyl (C=O) groups is 4. The highest BCUT2D eigenvalue weighted by atomic mass is 19.3. The molecule has 1 aromatic carbocycles. The van der Waals surface area contributed by atoms with Crippen LogP contribution in [0.2, 0.25) is 0 Å². The van der Waals surface area contributed by atoms with E-state index in [-0.39, 0.29) is 37.1 Å². The molecule has 4 N–H and O–H groups in total. The summed E-state index contributed by atoms with van der Waals surface area (Å²) in [5.74, 6) is -2.59. The van der Waals surface area contributed by atoms with Gasteiger partial charge < -0.3 is 30.5 Å². The molecule has 12 heteroatoms. The highest BCUT2D eigenvalue weighted by Crippen LogP contribution is 2.29. The minimum Gasteiger partial charge on any atom is -0.381 e. The van der Waals surface area contributed by atoms with Gasteiger partial charge in [-0.05, 0) is 37.2 Å². The molecule has 1 fully saturated rings. The second-order valence-corrected chi connectivity index (χ2v) is 11.1. The molecular weight excluding hydrogens is 528 g/mol. The van der Waals surface area contributed by atoms with Gasteiger partial charge in [-0.1, -0.05) is 58.0 Å². The van der Waals surface area contributed by atoms with Crippen molar-refractivity contribution < 1.29 is 42.5 Å². The number of rotatable bonds is 17. The van der Waals surface area contributed by atoms with Crippen LogP contribution < -0.4 is 16.0 Å². The number of halogens is 2. The number of amides is 3. The molecule has 10 nitrogen and oxygen atoms in total. The molecule has 1 aliphatic heterocycles. The minimum atomic E-state index is -3.17. The highest BCUT2D eigenvalue weighted by Gasteiger charge is 2.50. The number of benzene rings is 1. The summed E-state index contributed by atoms with van der Waals surface area (Å²) in [5.41, 5.74) is -0.205. The molecule has 5 atom stereocenters. The fourth-order valence-corrected chi connectivity index (χ4v) is 4.14. The second-order valence-electron chi connectivity index (χ2n) is 11.1. The van der Waals surface area contributed by atoms with E-state index in [1.54, 1.807) is 45.0 Å². The van der Waals surface area contributed by atoms with Crippen molar-refractivity contribution in [2.45, 2.75) is 90.3 Å². The third-order valence-corrected chi connectivity index (χ3v) is 6.38. The Morgan fingerprint density at radius 1 is 0.900 bits per heavy atom. The Balaban J connectivity index is 2.23. The number of aliphatic hydroxyl groups is 1. The molecule has 1 aliphatic rings. The Hall–Kier alpha value is -2.96. The maximum absolute atomic E-state index is 13.5. The third kappa shape index (κ3) is 10.9. The molecule has 1 heterocycles. The summed E-state index contributed by atoms with van der Waals surface area (Å²) < 4.78 is 33.9. The van der Waals surface area contributed by atoms with E-state index >= 15 is 0 Å². The number of Topliss-reactive ketones (excluding diaryl/α,β-unsaturated/α-hetero) is 1. The SMILES string of the molecule is CC(C)C[C@H](NC(=O)[C@@H](O)COC(F)F)C(=O)N[C@@H](Cc1ccccc1)C(=O)N[C@@H](CC(C)C)C(=O)[C@@]1(C)CO1. The van der Waals surface area contributed by atoms with Crippen molar-refractivity contribution in [3.63, 3.8) is 0 Å². The molecule has 0 unspecified atom stereocenters. The fraction of sp³-hybridized carbons (Fsp3) is 0.643. The minimum absolute atomic E-state index is 0.0840. The number of alkyl halides is 2. The number of ketones is 1. The van der Waals surface area contributed by atoms with Crippen LogP contribution in [0.3, 0.4) is 0 Å². The van der Waals surface area contributed by atoms with Crippen LogP contribution >= 0.6 is 0 Å². The fourth-order valence-electron chi connectivity index (χ4n) is 4.14. The van der Waals surface area contributed by atoms with Gasteiger partial charge >= 0.3 is 6.61 Å². The van der Waals surface area contributed by atoms with Crippen molar-refractivity contribution in [1.82, 2.24) is 16.0 Å². The lowest BCUT2D eigenvalue weighted by atomic mass is 9.93. The molecule has 1 saturated heterocycles. The number of carbonyl (C=O) groups excluding carboxylic acids is 4. The Kier molecular flexibility index (Phi) is 12.6. The number of epoxide rings is 1. The van der Waals surface area contributed by atoms with Gasteiger partial charge in [0.05, 0.1) is 19.3 Å². The van der Waals surface area contributed by atoms with Crippen molar-refractivity contribution in [3.05, 3.63) is 35.9 Å². The van der Waals surface area contributed by atoms with Crippen LogP contribution in [0.25, 0.3) is 0 Å². The van der Waals surface area contributed by atoms with Gasteiger partial charge in [0.25, 0.3) is 5.91 Å². The molecule has 2 rings (SSSR count). The van der Waals surface area contributed by atoms with Crippen molar-refractivity contribution in [2.24, 2.45) is 11.8 Å². The zero-order valence-corrected chi connectivity index (χ0v) is 23.6. The number of ether oxygens (including phenoxy) is 2. The zero-order valence-electron chi connectivity index (χ0n) is 23.6. The topological polar surface area (TPSA) is 146 Å². The van der Waals surface area contributed by atoms with Gasteiger partial charge in [0, 0.05) is 6.42 Å². The van der Waals surface area contributed by atoms with E-state index in [2.05, 4.69) is 20.7 Å². The van der Waals surface area contributed by atoms with Crippen LogP contribution in [-0.2, 0) is 35.1 Å². The number of aliphatic hydroxyl groups excluding tert-OH is 1. The summed E-state index contributed by atoms with van der Waals surface area (Å²) in [6.45, 7) is 5.27. The van der Waals surface area contributed by atoms with E-state index < -0.39 is 60.8 Å². The summed E-state index contributed by atoms with van der Waals surface area (Å²) in [6.07, 6.45) is -1.31. The smallest absolute Gasteiger partial charge is 0.345 e. The predicted molar refractivity (Wildman–Crippen MR) is 142 cm³/mol. The highest BCUT2D eigenvalue weighted by molar-refractivity contribution is 5.98. The molecule has 40 heavy (non-hydrogen) atoms. The predicted octanol–water partition coefficient (Wildman–Crippen LogP) is 1.73. The van der Waals surface area contributed by atoms with Gasteiger partial charge in [0.1, 0.15) is 17.7 Å². The summed E-state index contributed by atoms with van der Waals surface area (Å²) in [7, 11) is 0. The van der Waals surface area contributed by atoms with Crippen LogP contribution in [0.1, 0.15) is 53.0 Å². The summed E-state index contributed by atoms with van der Waals surface area (Å²) in [4.78, 5) is 52.3. The van der Waals surface area contributed by atoms with Crippen molar-refractivity contribution in [2.75, 3.05) is 13.2 Å². The van der Waals surface area contributed by atoms with E-state index in [4.69, 9.17) is 4.74 Å². The standard InChI is InChI=1S/C28H41F2N3O7/c1-16(2)11-19(23(35)28(5)15-40-28)31-25(37)21(13-18-9-7-6-8-10-18)32-24(36)20(12-17(3)4)33-26(38)22(34)14-39-27(29)30/h6-10,16-17,19-22,27,34H,11-15H2,1-5H3,(H,31,37)(H,32,36)(H,33,38)/t19-,20-,21-,22-,28+/m0/s1. The Morgan fingerprint density at radius 2 is 1.40 bits per heavy atom. The zero-order chi connectivity index (χ0) is 30.0. The van der Waals surface area contributed by atoms with E-state index in [1.807, 2.05) is 19.9 Å². The second kappa shape index (κ2) is 15.2. The average Bonchev–Trinajstić information content (AvgIpc) is 3.63. The first-order valence-corrected chi connectivity index (χ1v) is 13.4. The van der Waals surface area contributed by atoms with Crippen molar-refractivity contribution in [1.29, 1.82) is 0 Å². The molecule has 0 aromatic heterocycles. The summed E-state index contributed by atoms with van der Waals surface area (Å²) in [6, 6.07) is 5.84. The first-order chi connectivity index (χ1) is 18.7. The lowest BCUT2D eigenvalue weighted by molar-refractivity contribution is -0.158. The van der Waals surface area contributed by atoms with Crippen LogP contribution in [-0.4, -0.2) is 78.3 Å². The number of hydrogen-bond donors (Lipinski definition) is 4. The Labute approximate surface area is 233 Å². The van der Waals surface area contributed by atoms with Gasteiger partial charge in [0.15, 0.2) is 11.9 Å². The average molecular weight is 570 g/mol. The van der Waals surface area contributed by atoms with Crippen LogP contribution in [0, 0.1) is 11.8 Å². The molecule has 0 spiro atoms. The Bertz CT molecular complexity index is 1000. The van der Waals surface area contributed by atoms with E-state index in [0.717, 1.165) is 5.56 Å². The van der Waals surface area contributed by atoms with Gasteiger partial charge in [-0.3, -0.25) is 19.2 Å². The Morgan fingerprint density at radius 3 is 1.93 bits per heavy atom. The maximum Gasteiger partial charge on any atom is 0.345 e. The molecule has 224 valence electrons. The largest absolute Gasteiger partial charge is 0.381 e. The van der Waals surface area contributed by atoms with E-state index in [1.165, 1.54) is 0 Å². The molecular formula is C28H41F2N3O7. The molecule has 0 aliphatic carbocycles. The quantitative estimate of drug-likeness (QED) is 0.209. The van der Waals surface area contributed by atoms with Gasteiger partial charge in [-0.15, -0.1) is 0 Å². The molecule has 0 saturated carbocycles. The van der Waals surface area contributed by atoms with Gasteiger partial charge in [-0.25, -0.2) is 0 Å². The van der Waals surface area contributed by atoms with E-state index in [9.17, 15) is 33.1 Å². The van der Waals surface area contributed by atoms with Crippen molar-refractivity contribution in [3.8, 4) is 0 Å². The van der Waals surface area contributed by atoms with Crippen LogP contribution in [0.4, 0.5) is 8.78 Å². The van der Waals surface area contributed by atoms with E-state index in [0.29, 0.717) is 6.42 Å². The monoisotopic (exact) mass is 569 g/mol. The van der Waals surface area contributed by atoms with Gasteiger partial charge in [-0.2, -0.15) is 8.78 Å². The summed E-state index contributed by atoms with van der Waals surface area (Å²) >= 11 is 0. The molecule has 0 bridgehead atoms. The maximum atomic E-state index is 13.5. The first-order valence-electron chi connectivity index (χ1n) is 13.4. The number of hydrogen-bond acceptors (Lipinski definition) is 7. The van der Waals surface area contributed by atoms with Gasteiger partial charge in [0.2, 0.25) is 11.8 Å². The van der Waals surface area contributed by atoms with Crippen LogP contribution in [0.5, 0.6) is 0 Å². The van der Waals surface area contributed by atoms with Crippen molar-refractivity contribution >= 4 is 23.5 Å². The molecule has 0 radical (unpaired) electrons. The normalized spacial score (nSPS) is 19.6. The first kappa shape index (κ1) is 33.2. The lowest BCUT2D eigenvalue weighted by Crippen LogP contribution is -2.58. The van der Waals surface area contributed by atoms with Crippen LogP contribution in [0.15, 0.2) is 30.3 Å². The summed E-state index contributed by atoms with van der Waals surface area (Å²) in [5, 5.41) is 17.7.